The zero-order valence-electron chi connectivity index (χ0n) is 11.8. The molecule has 2 aromatic heterocycles. The van der Waals surface area contributed by atoms with E-state index in [1.807, 2.05) is 24.4 Å². The van der Waals surface area contributed by atoms with Gasteiger partial charge < -0.3 is 9.73 Å². The van der Waals surface area contributed by atoms with Crippen molar-refractivity contribution < 1.29 is 13.6 Å². The molecular formula is C16H13FN2O2S. The van der Waals surface area contributed by atoms with Crippen LogP contribution in [0.4, 0.5) is 9.52 Å². The Kier molecular flexibility index (Phi) is 4.02. The molecule has 0 radical (unpaired) electrons. The molecule has 0 saturated carbocycles. The largest absolute Gasteiger partial charge is 0.460 e. The third kappa shape index (κ3) is 3.40. The van der Waals surface area contributed by atoms with Gasteiger partial charge in [-0.05, 0) is 36.8 Å². The van der Waals surface area contributed by atoms with Crippen molar-refractivity contribution in [1.82, 2.24) is 4.98 Å². The number of benzene rings is 1. The van der Waals surface area contributed by atoms with Crippen LogP contribution in [0.2, 0.25) is 0 Å². The molecule has 3 aromatic rings. The lowest BCUT2D eigenvalue weighted by molar-refractivity contribution is -0.115. The van der Waals surface area contributed by atoms with Gasteiger partial charge in [0, 0.05) is 5.38 Å². The predicted molar refractivity (Wildman–Crippen MR) is 83.3 cm³/mol. The summed E-state index contributed by atoms with van der Waals surface area (Å²) in [6, 6.07) is 9.68. The van der Waals surface area contributed by atoms with E-state index >= 15 is 0 Å². The van der Waals surface area contributed by atoms with E-state index in [-0.39, 0.29) is 18.1 Å². The van der Waals surface area contributed by atoms with Crippen LogP contribution in [-0.2, 0) is 11.2 Å². The van der Waals surface area contributed by atoms with Gasteiger partial charge in [-0.15, -0.1) is 11.3 Å². The van der Waals surface area contributed by atoms with Crippen molar-refractivity contribution in [3.8, 4) is 11.5 Å². The van der Waals surface area contributed by atoms with Gasteiger partial charge in [0.25, 0.3) is 0 Å². The summed E-state index contributed by atoms with van der Waals surface area (Å²) < 4.78 is 18.6. The molecule has 112 valence electrons. The van der Waals surface area contributed by atoms with Crippen molar-refractivity contribution in [2.75, 3.05) is 5.32 Å². The molecule has 0 atom stereocenters. The summed E-state index contributed by atoms with van der Waals surface area (Å²) in [5, 5.41) is 5.02. The molecule has 2 heterocycles. The molecule has 1 N–H and O–H groups in total. The van der Waals surface area contributed by atoms with Gasteiger partial charge >= 0.3 is 0 Å². The summed E-state index contributed by atoms with van der Waals surface area (Å²) in [6.45, 7) is 1.86. The summed E-state index contributed by atoms with van der Waals surface area (Å²) in [4.78, 5) is 16.3. The lowest BCUT2D eigenvalue weighted by Crippen LogP contribution is -2.14. The van der Waals surface area contributed by atoms with Gasteiger partial charge in [-0.25, -0.2) is 9.37 Å². The number of aryl methyl sites for hydroxylation is 1. The first kappa shape index (κ1) is 14.5. The normalized spacial score (nSPS) is 10.6. The van der Waals surface area contributed by atoms with Gasteiger partial charge in [0.05, 0.1) is 6.42 Å². The van der Waals surface area contributed by atoms with Crippen LogP contribution in [0.25, 0.3) is 11.5 Å². The van der Waals surface area contributed by atoms with Gasteiger partial charge in [-0.3, -0.25) is 4.79 Å². The highest BCUT2D eigenvalue weighted by Gasteiger charge is 2.11. The SMILES string of the molecule is Cc1ccc(-c2csc(NC(=O)Cc3cccc(F)c3)n2)o1. The number of hydrogen-bond acceptors (Lipinski definition) is 4. The number of anilines is 1. The quantitative estimate of drug-likeness (QED) is 0.790. The van der Waals surface area contributed by atoms with Gasteiger partial charge in [0.15, 0.2) is 10.9 Å². The molecule has 4 nitrogen and oxygen atoms in total. The topological polar surface area (TPSA) is 55.1 Å². The molecule has 0 aliphatic rings. The van der Waals surface area contributed by atoms with Gasteiger partial charge in [0.1, 0.15) is 17.3 Å². The second kappa shape index (κ2) is 6.11. The van der Waals surface area contributed by atoms with Crippen molar-refractivity contribution in [2.45, 2.75) is 13.3 Å². The van der Waals surface area contributed by atoms with Crippen LogP contribution in [-0.4, -0.2) is 10.9 Å². The van der Waals surface area contributed by atoms with E-state index in [0.717, 1.165) is 5.76 Å². The zero-order valence-corrected chi connectivity index (χ0v) is 12.6. The van der Waals surface area contributed by atoms with E-state index in [2.05, 4.69) is 10.3 Å². The number of aromatic nitrogens is 1. The highest BCUT2D eigenvalue weighted by Crippen LogP contribution is 2.26. The Hall–Kier alpha value is -2.47. The van der Waals surface area contributed by atoms with Crippen LogP contribution >= 0.6 is 11.3 Å². The van der Waals surface area contributed by atoms with Crippen LogP contribution in [0.15, 0.2) is 46.2 Å². The Morgan fingerprint density at radius 2 is 2.23 bits per heavy atom. The van der Waals surface area contributed by atoms with Crippen LogP contribution in [0.3, 0.4) is 0 Å². The van der Waals surface area contributed by atoms with Crippen molar-refractivity contribution in [3.05, 3.63) is 58.9 Å². The second-order valence-corrected chi connectivity index (χ2v) is 5.66. The molecule has 1 amide bonds. The lowest BCUT2D eigenvalue weighted by atomic mass is 10.1. The maximum atomic E-state index is 13.1. The number of rotatable bonds is 4. The molecule has 0 fully saturated rings. The average Bonchev–Trinajstić information content (AvgIpc) is 3.07. The van der Waals surface area contributed by atoms with Crippen molar-refractivity contribution in [3.63, 3.8) is 0 Å². The Morgan fingerprint density at radius 1 is 1.36 bits per heavy atom. The maximum absolute atomic E-state index is 13.1. The number of nitrogens with one attached hydrogen (secondary N) is 1. The number of thiazole rings is 1. The standard InChI is InChI=1S/C16H13FN2O2S/c1-10-5-6-14(21-10)13-9-22-16(18-13)19-15(20)8-11-3-2-4-12(17)7-11/h2-7,9H,8H2,1H3,(H,18,19,20). The number of halogens is 1. The molecule has 0 saturated heterocycles. The smallest absolute Gasteiger partial charge is 0.230 e. The Balaban J connectivity index is 1.66. The first-order chi connectivity index (χ1) is 10.6. The molecule has 0 aliphatic carbocycles. The Morgan fingerprint density at radius 3 is 2.95 bits per heavy atom. The van der Waals surface area contributed by atoms with Gasteiger partial charge in [-0.1, -0.05) is 12.1 Å². The van der Waals surface area contributed by atoms with Crippen LogP contribution < -0.4 is 5.32 Å². The van der Waals surface area contributed by atoms with Crippen molar-refractivity contribution in [2.24, 2.45) is 0 Å². The fourth-order valence-corrected chi connectivity index (χ4v) is 2.73. The minimum absolute atomic E-state index is 0.104. The van der Waals surface area contributed by atoms with E-state index in [1.54, 1.807) is 12.1 Å². The summed E-state index contributed by atoms with van der Waals surface area (Å²) in [6.07, 6.45) is 0.104. The fraction of sp³-hybridized carbons (Fsp3) is 0.125. The molecular weight excluding hydrogens is 303 g/mol. The minimum Gasteiger partial charge on any atom is -0.460 e. The molecule has 3 rings (SSSR count). The highest BCUT2D eigenvalue weighted by atomic mass is 32.1. The fourth-order valence-electron chi connectivity index (χ4n) is 2.01. The number of hydrogen-bond donors (Lipinski definition) is 1. The molecule has 0 spiro atoms. The molecule has 0 unspecified atom stereocenters. The lowest BCUT2D eigenvalue weighted by Gasteiger charge is -2.02. The van der Waals surface area contributed by atoms with E-state index in [1.165, 1.54) is 23.5 Å². The Labute approximate surface area is 130 Å². The van der Waals surface area contributed by atoms with Gasteiger partial charge in [-0.2, -0.15) is 0 Å². The van der Waals surface area contributed by atoms with E-state index in [0.29, 0.717) is 22.1 Å². The first-order valence-corrected chi connectivity index (χ1v) is 7.55. The highest BCUT2D eigenvalue weighted by molar-refractivity contribution is 7.14. The number of carbonyl (C=O) groups excluding carboxylic acids is 1. The van der Waals surface area contributed by atoms with Crippen LogP contribution in [0.1, 0.15) is 11.3 Å². The third-order valence-corrected chi connectivity index (χ3v) is 3.75. The molecule has 1 aromatic carbocycles. The first-order valence-electron chi connectivity index (χ1n) is 6.67. The molecule has 6 heteroatoms. The number of furan rings is 1. The van der Waals surface area contributed by atoms with Crippen molar-refractivity contribution >= 4 is 22.4 Å². The zero-order chi connectivity index (χ0) is 15.5. The van der Waals surface area contributed by atoms with Crippen LogP contribution in [0, 0.1) is 12.7 Å². The minimum atomic E-state index is -0.352. The molecule has 22 heavy (non-hydrogen) atoms. The molecule has 0 bridgehead atoms. The summed E-state index contributed by atoms with van der Waals surface area (Å²) in [7, 11) is 0. The molecule has 0 aliphatic heterocycles. The summed E-state index contributed by atoms with van der Waals surface area (Å²) >= 11 is 1.32. The Bertz CT molecular complexity index is 810. The summed E-state index contributed by atoms with van der Waals surface area (Å²) in [5.41, 5.74) is 1.30. The second-order valence-electron chi connectivity index (χ2n) is 4.80. The maximum Gasteiger partial charge on any atom is 0.230 e. The van der Waals surface area contributed by atoms with Crippen molar-refractivity contribution in [1.29, 1.82) is 0 Å². The predicted octanol–water partition coefficient (Wildman–Crippen LogP) is 4.03. The van der Waals surface area contributed by atoms with Crippen LogP contribution in [0.5, 0.6) is 0 Å². The van der Waals surface area contributed by atoms with E-state index in [4.69, 9.17) is 4.42 Å². The average molecular weight is 316 g/mol. The van der Waals surface area contributed by atoms with E-state index in [9.17, 15) is 9.18 Å². The number of carbonyl (C=O) groups is 1. The summed E-state index contributed by atoms with van der Waals surface area (Å²) in [5.74, 6) is 0.885. The monoisotopic (exact) mass is 316 g/mol. The third-order valence-electron chi connectivity index (χ3n) is 3.00. The van der Waals surface area contributed by atoms with E-state index < -0.39 is 0 Å². The number of amides is 1. The van der Waals surface area contributed by atoms with Gasteiger partial charge in [0.2, 0.25) is 5.91 Å². The number of nitrogens with zero attached hydrogens (tertiary/aromatic N) is 1.